The van der Waals surface area contributed by atoms with Crippen LogP contribution in [0.2, 0.25) is 0 Å². The Labute approximate surface area is 80.3 Å². The van der Waals surface area contributed by atoms with Gasteiger partial charge in [0.2, 0.25) is 5.91 Å². The Bertz CT molecular complexity index is 214. The molecule has 2 rings (SSSR count). The maximum Gasteiger partial charge on any atom is 0.225 e. The summed E-state index contributed by atoms with van der Waals surface area (Å²) in [6, 6.07) is 0.567. The summed E-state index contributed by atoms with van der Waals surface area (Å²) in [6.07, 6.45) is 4.86. The van der Waals surface area contributed by atoms with E-state index in [0.717, 1.165) is 13.0 Å². The summed E-state index contributed by atoms with van der Waals surface area (Å²) in [6.45, 7) is 5.38. The highest BCUT2D eigenvalue weighted by atomic mass is 16.2. The van der Waals surface area contributed by atoms with Gasteiger partial charge in [0.05, 0.1) is 0 Å². The zero-order valence-corrected chi connectivity index (χ0v) is 8.62. The second-order valence-corrected chi connectivity index (χ2v) is 4.71. The Hall–Kier alpha value is -0.530. The summed E-state index contributed by atoms with van der Waals surface area (Å²) < 4.78 is 0. The fourth-order valence-electron chi connectivity index (χ4n) is 2.92. The lowest BCUT2D eigenvalue weighted by Gasteiger charge is -2.45. The Morgan fingerprint density at radius 3 is 2.85 bits per heavy atom. The number of piperidine rings is 2. The van der Waals surface area contributed by atoms with E-state index in [1.54, 1.807) is 0 Å². The van der Waals surface area contributed by atoms with E-state index in [1.807, 2.05) is 0 Å². The van der Waals surface area contributed by atoms with E-state index in [0.29, 0.717) is 17.9 Å². The van der Waals surface area contributed by atoms with Crippen LogP contribution in [0.25, 0.3) is 0 Å². The molecule has 74 valence electrons. The van der Waals surface area contributed by atoms with Crippen LogP contribution in [-0.2, 0) is 4.79 Å². The van der Waals surface area contributed by atoms with Crippen LogP contribution in [0.3, 0.4) is 0 Å². The fourth-order valence-corrected chi connectivity index (χ4v) is 2.92. The summed E-state index contributed by atoms with van der Waals surface area (Å²) in [5, 5.41) is 0. The summed E-state index contributed by atoms with van der Waals surface area (Å²) in [7, 11) is 0. The molecule has 2 nitrogen and oxygen atoms in total. The molecule has 2 saturated heterocycles. The molecule has 2 heterocycles. The molecule has 0 unspecified atom stereocenters. The van der Waals surface area contributed by atoms with E-state index in [9.17, 15) is 4.79 Å². The third-order valence-corrected chi connectivity index (χ3v) is 3.64. The largest absolute Gasteiger partial charge is 0.339 e. The number of fused-ring (bicyclic) bond motifs is 1. The zero-order valence-electron chi connectivity index (χ0n) is 8.62. The predicted molar refractivity (Wildman–Crippen MR) is 52.3 cm³/mol. The molecular formula is C11H19NO. The summed E-state index contributed by atoms with van der Waals surface area (Å²) >= 11 is 0. The number of hydrogen-bond donors (Lipinski definition) is 0. The third kappa shape index (κ3) is 1.47. The van der Waals surface area contributed by atoms with Crippen LogP contribution >= 0.6 is 0 Å². The zero-order chi connectivity index (χ0) is 9.42. The van der Waals surface area contributed by atoms with Crippen LogP contribution in [-0.4, -0.2) is 23.4 Å². The molecule has 0 spiro atoms. The quantitative estimate of drug-likeness (QED) is 0.560. The second kappa shape index (κ2) is 3.32. The Kier molecular flexibility index (Phi) is 2.31. The third-order valence-electron chi connectivity index (χ3n) is 3.64. The van der Waals surface area contributed by atoms with Crippen molar-refractivity contribution in [1.82, 2.24) is 4.90 Å². The highest BCUT2D eigenvalue weighted by Gasteiger charge is 2.38. The number of carbonyl (C=O) groups excluding carboxylic acids is 1. The number of rotatable bonds is 0. The molecule has 13 heavy (non-hydrogen) atoms. The Balaban J connectivity index is 2.15. The SMILES string of the molecule is C[C@H]1C[C@H](C)[C@H]2CCCCN2C1=O. The smallest absolute Gasteiger partial charge is 0.225 e. The van der Waals surface area contributed by atoms with Gasteiger partial charge in [-0.15, -0.1) is 0 Å². The minimum Gasteiger partial charge on any atom is -0.339 e. The molecule has 2 heteroatoms. The first-order chi connectivity index (χ1) is 6.20. The fraction of sp³-hybridized carbons (Fsp3) is 0.909. The van der Waals surface area contributed by atoms with Gasteiger partial charge in [0.25, 0.3) is 0 Å². The van der Waals surface area contributed by atoms with Crippen molar-refractivity contribution in [2.45, 2.75) is 45.6 Å². The second-order valence-electron chi connectivity index (χ2n) is 4.71. The lowest BCUT2D eigenvalue weighted by molar-refractivity contribution is -0.145. The van der Waals surface area contributed by atoms with Crippen LogP contribution in [0.5, 0.6) is 0 Å². The van der Waals surface area contributed by atoms with Crippen LogP contribution in [0, 0.1) is 11.8 Å². The summed E-state index contributed by atoms with van der Waals surface area (Å²) in [5.74, 6) is 1.39. The highest BCUT2D eigenvalue weighted by Crippen LogP contribution is 2.33. The van der Waals surface area contributed by atoms with Gasteiger partial charge in [-0.2, -0.15) is 0 Å². The number of hydrogen-bond acceptors (Lipinski definition) is 1. The Morgan fingerprint density at radius 1 is 1.31 bits per heavy atom. The van der Waals surface area contributed by atoms with E-state index >= 15 is 0 Å². The summed E-state index contributed by atoms with van der Waals surface area (Å²) in [4.78, 5) is 14.0. The average molecular weight is 181 g/mol. The molecule has 0 radical (unpaired) electrons. The molecule has 0 aromatic rings. The van der Waals surface area contributed by atoms with Crippen molar-refractivity contribution in [3.8, 4) is 0 Å². The maximum absolute atomic E-state index is 11.8. The molecular weight excluding hydrogens is 162 g/mol. The first-order valence-corrected chi connectivity index (χ1v) is 5.50. The number of amides is 1. The van der Waals surface area contributed by atoms with E-state index in [1.165, 1.54) is 19.3 Å². The maximum atomic E-state index is 11.8. The summed E-state index contributed by atoms with van der Waals surface area (Å²) in [5.41, 5.74) is 0. The van der Waals surface area contributed by atoms with Crippen molar-refractivity contribution < 1.29 is 4.79 Å². The van der Waals surface area contributed by atoms with E-state index in [4.69, 9.17) is 0 Å². The molecule has 0 aromatic carbocycles. The van der Waals surface area contributed by atoms with E-state index in [-0.39, 0.29) is 5.92 Å². The van der Waals surface area contributed by atoms with Crippen molar-refractivity contribution in [1.29, 1.82) is 0 Å². The molecule has 0 bridgehead atoms. The molecule has 2 fully saturated rings. The van der Waals surface area contributed by atoms with E-state index < -0.39 is 0 Å². The number of carbonyl (C=O) groups is 1. The molecule has 0 aromatic heterocycles. The van der Waals surface area contributed by atoms with Crippen LogP contribution in [0.4, 0.5) is 0 Å². The minimum absolute atomic E-state index is 0.268. The van der Waals surface area contributed by atoms with Gasteiger partial charge in [-0.05, 0) is 31.6 Å². The van der Waals surface area contributed by atoms with Crippen LogP contribution < -0.4 is 0 Å². The number of nitrogens with zero attached hydrogens (tertiary/aromatic N) is 1. The first kappa shape index (κ1) is 9.04. The molecule has 0 aliphatic carbocycles. The predicted octanol–water partition coefficient (Wildman–Crippen LogP) is 2.04. The van der Waals surface area contributed by atoms with Gasteiger partial charge in [-0.1, -0.05) is 13.8 Å². The van der Waals surface area contributed by atoms with Gasteiger partial charge in [0.1, 0.15) is 0 Å². The monoisotopic (exact) mass is 181 g/mol. The molecule has 0 saturated carbocycles. The first-order valence-electron chi connectivity index (χ1n) is 5.50. The van der Waals surface area contributed by atoms with Crippen LogP contribution in [0.15, 0.2) is 0 Å². The minimum atomic E-state index is 0.268. The molecule has 2 aliphatic rings. The topological polar surface area (TPSA) is 20.3 Å². The standard InChI is InChI=1S/C11H19NO/c1-8-7-9(2)11(13)12-6-4-3-5-10(8)12/h8-10H,3-7H2,1-2H3/t8-,9-,10+/m0/s1. The Morgan fingerprint density at radius 2 is 2.08 bits per heavy atom. The van der Waals surface area contributed by atoms with Crippen LogP contribution in [0.1, 0.15) is 39.5 Å². The lowest BCUT2D eigenvalue weighted by Crippen LogP contribution is -2.53. The van der Waals surface area contributed by atoms with Crippen molar-refractivity contribution in [3.63, 3.8) is 0 Å². The van der Waals surface area contributed by atoms with Gasteiger partial charge in [0, 0.05) is 18.5 Å². The van der Waals surface area contributed by atoms with Gasteiger partial charge in [0.15, 0.2) is 0 Å². The normalized spacial score (nSPS) is 40.3. The highest BCUT2D eigenvalue weighted by molar-refractivity contribution is 5.79. The van der Waals surface area contributed by atoms with Crippen molar-refractivity contribution in [2.75, 3.05) is 6.54 Å². The van der Waals surface area contributed by atoms with Gasteiger partial charge >= 0.3 is 0 Å². The molecule has 1 amide bonds. The van der Waals surface area contributed by atoms with Gasteiger partial charge in [-0.25, -0.2) is 0 Å². The average Bonchev–Trinajstić information content (AvgIpc) is 2.15. The van der Waals surface area contributed by atoms with Gasteiger partial charge < -0.3 is 4.90 Å². The lowest BCUT2D eigenvalue weighted by atomic mass is 9.80. The molecule has 2 aliphatic heterocycles. The van der Waals surface area contributed by atoms with E-state index in [2.05, 4.69) is 18.7 Å². The van der Waals surface area contributed by atoms with Gasteiger partial charge in [-0.3, -0.25) is 4.79 Å². The van der Waals surface area contributed by atoms with Crippen molar-refractivity contribution in [2.24, 2.45) is 11.8 Å². The molecule has 3 atom stereocenters. The van der Waals surface area contributed by atoms with Crippen molar-refractivity contribution >= 4 is 5.91 Å². The van der Waals surface area contributed by atoms with Crippen molar-refractivity contribution in [3.05, 3.63) is 0 Å². The molecule has 0 N–H and O–H groups in total.